The van der Waals surface area contributed by atoms with Gasteiger partial charge in [0.15, 0.2) is 17.6 Å². The zero-order valence-electron chi connectivity index (χ0n) is 15.1. The Morgan fingerprint density at radius 1 is 1.19 bits per heavy atom. The molecule has 0 aromatic heterocycles. The number of rotatable bonds is 6. The summed E-state index contributed by atoms with van der Waals surface area (Å²) in [5, 5.41) is 0. The normalized spacial score (nSPS) is 15.7. The lowest BCUT2D eigenvalue weighted by molar-refractivity contribution is -0.127. The Balaban J connectivity index is 1.63. The summed E-state index contributed by atoms with van der Waals surface area (Å²) in [7, 11) is 1.62. The van der Waals surface area contributed by atoms with Crippen molar-refractivity contribution in [1.29, 1.82) is 0 Å². The van der Waals surface area contributed by atoms with Gasteiger partial charge in [-0.1, -0.05) is 30.3 Å². The molecule has 1 aliphatic heterocycles. The van der Waals surface area contributed by atoms with Gasteiger partial charge in [0.1, 0.15) is 12.4 Å². The quantitative estimate of drug-likeness (QED) is 0.747. The van der Waals surface area contributed by atoms with E-state index < -0.39 is 0 Å². The summed E-state index contributed by atoms with van der Waals surface area (Å²) in [5.41, 5.74) is 0.866. The number of nitrogens with zero attached hydrogens (tertiary/aromatic N) is 1. The average Bonchev–Trinajstić information content (AvgIpc) is 2.70. The Morgan fingerprint density at radius 2 is 1.92 bits per heavy atom. The predicted octanol–water partition coefficient (Wildman–Crippen LogP) is 3.40. The van der Waals surface area contributed by atoms with E-state index in [1.54, 1.807) is 24.2 Å². The number of ether oxygens (including phenoxy) is 3. The molecule has 0 N–H and O–H groups in total. The number of hydrogen-bond acceptors (Lipinski definition) is 4. The van der Waals surface area contributed by atoms with E-state index in [0.717, 1.165) is 22.8 Å². The van der Waals surface area contributed by atoms with Crippen LogP contribution in [0.15, 0.2) is 54.6 Å². The lowest BCUT2D eigenvalue weighted by Gasteiger charge is -2.30. The Kier molecular flexibility index (Phi) is 5.79. The third kappa shape index (κ3) is 4.17. The van der Waals surface area contributed by atoms with Crippen LogP contribution < -0.4 is 14.2 Å². The molecule has 1 unspecified atom stereocenters. The molecule has 0 aliphatic carbocycles. The molecule has 5 heteroatoms. The van der Waals surface area contributed by atoms with Crippen LogP contribution in [0.3, 0.4) is 0 Å². The second-order valence-electron chi connectivity index (χ2n) is 5.95. The highest BCUT2D eigenvalue weighted by molar-refractivity contribution is 5.92. The van der Waals surface area contributed by atoms with E-state index in [-0.39, 0.29) is 12.0 Å². The van der Waals surface area contributed by atoms with Gasteiger partial charge in [-0.2, -0.15) is 0 Å². The molecule has 2 aromatic rings. The number of carbonyl (C=O) groups excluding carboxylic acids is 1. The van der Waals surface area contributed by atoms with E-state index in [2.05, 4.69) is 0 Å². The maximum Gasteiger partial charge on any atom is 0.246 e. The van der Waals surface area contributed by atoms with E-state index in [1.807, 2.05) is 55.5 Å². The van der Waals surface area contributed by atoms with E-state index >= 15 is 0 Å². The average molecular weight is 353 g/mol. The van der Waals surface area contributed by atoms with Crippen LogP contribution in [0.4, 0.5) is 0 Å². The zero-order valence-corrected chi connectivity index (χ0v) is 15.1. The summed E-state index contributed by atoms with van der Waals surface area (Å²) < 4.78 is 17.0. The third-order valence-corrected chi connectivity index (χ3v) is 4.23. The number of likely N-dealkylation sites (N-methyl/N-ethyl adjacent to an activating group) is 1. The molecule has 1 aliphatic rings. The number of benzene rings is 2. The predicted molar refractivity (Wildman–Crippen MR) is 101 cm³/mol. The van der Waals surface area contributed by atoms with Gasteiger partial charge in [0.25, 0.3) is 0 Å². The highest BCUT2D eigenvalue weighted by atomic mass is 16.6. The number of methoxy groups -OCH3 is 1. The van der Waals surface area contributed by atoms with Crippen molar-refractivity contribution in [2.75, 3.05) is 26.8 Å². The van der Waals surface area contributed by atoms with Crippen molar-refractivity contribution in [3.05, 3.63) is 60.2 Å². The van der Waals surface area contributed by atoms with Gasteiger partial charge in [0, 0.05) is 18.2 Å². The van der Waals surface area contributed by atoms with Gasteiger partial charge in [0.2, 0.25) is 5.91 Å². The Morgan fingerprint density at radius 3 is 2.69 bits per heavy atom. The Bertz CT molecular complexity index is 787. The van der Waals surface area contributed by atoms with Crippen LogP contribution in [0.2, 0.25) is 0 Å². The molecule has 136 valence electrons. The van der Waals surface area contributed by atoms with Gasteiger partial charge in [-0.25, -0.2) is 0 Å². The molecule has 1 heterocycles. The molecule has 0 saturated carbocycles. The monoisotopic (exact) mass is 353 g/mol. The molecule has 1 atom stereocenters. The molecule has 2 aromatic carbocycles. The fraction of sp³-hybridized carbons (Fsp3) is 0.286. The standard InChI is InChI=1S/C21H23NO4/c1-3-22(14-17-15-25-19-10-6-7-11-20(19)26-17)21(23)13-12-16-8-4-5-9-18(16)24-2/h4-13,17H,3,14-15H2,1-2H3. The van der Waals surface area contributed by atoms with E-state index in [0.29, 0.717) is 19.7 Å². The molecule has 3 rings (SSSR count). The van der Waals surface area contributed by atoms with Crippen LogP contribution in [-0.4, -0.2) is 43.7 Å². The van der Waals surface area contributed by atoms with Crippen LogP contribution >= 0.6 is 0 Å². The first kappa shape index (κ1) is 17.9. The van der Waals surface area contributed by atoms with Crippen molar-refractivity contribution in [3.63, 3.8) is 0 Å². The number of carbonyl (C=O) groups is 1. The minimum atomic E-state index is -0.187. The van der Waals surface area contributed by atoms with E-state index in [9.17, 15) is 4.79 Å². The van der Waals surface area contributed by atoms with E-state index in [4.69, 9.17) is 14.2 Å². The van der Waals surface area contributed by atoms with Crippen LogP contribution in [0.5, 0.6) is 17.2 Å². The molecule has 0 saturated heterocycles. The molecule has 0 bridgehead atoms. The summed E-state index contributed by atoms with van der Waals surface area (Å²) in [5.74, 6) is 2.13. The van der Waals surface area contributed by atoms with Gasteiger partial charge in [0.05, 0.1) is 13.7 Å². The second-order valence-corrected chi connectivity index (χ2v) is 5.95. The molecule has 0 spiro atoms. The highest BCUT2D eigenvalue weighted by Gasteiger charge is 2.24. The summed E-state index contributed by atoms with van der Waals surface area (Å²) in [6.07, 6.45) is 3.16. The van der Waals surface area contributed by atoms with Crippen molar-refractivity contribution in [1.82, 2.24) is 4.90 Å². The van der Waals surface area contributed by atoms with Gasteiger partial charge in [-0.05, 0) is 31.2 Å². The number of fused-ring (bicyclic) bond motifs is 1. The van der Waals surface area contributed by atoms with Crippen molar-refractivity contribution >= 4 is 12.0 Å². The zero-order chi connectivity index (χ0) is 18.4. The first-order valence-electron chi connectivity index (χ1n) is 8.69. The molecular formula is C21H23NO4. The summed E-state index contributed by atoms with van der Waals surface area (Å²) in [6, 6.07) is 15.2. The molecule has 26 heavy (non-hydrogen) atoms. The van der Waals surface area contributed by atoms with Crippen molar-refractivity contribution in [2.45, 2.75) is 13.0 Å². The molecule has 1 amide bonds. The molecule has 5 nitrogen and oxygen atoms in total. The van der Waals surface area contributed by atoms with Crippen molar-refractivity contribution in [2.24, 2.45) is 0 Å². The van der Waals surface area contributed by atoms with Gasteiger partial charge in [-0.15, -0.1) is 0 Å². The van der Waals surface area contributed by atoms with Crippen LogP contribution in [0.25, 0.3) is 6.08 Å². The summed E-state index contributed by atoms with van der Waals surface area (Å²) in [4.78, 5) is 14.3. The lowest BCUT2D eigenvalue weighted by atomic mass is 10.2. The molecule has 0 radical (unpaired) electrons. The maximum absolute atomic E-state index is 12.6. The minimum Gasteiger partial charge on any atom is -0.496 e. The van der Waals surface area contributed by atoms with Crippen molar-refractivity contribution in [3.8, 4) is 17.2 Å². The Labute approximate surface area is 153 Å². The fourth-order valence-corrected chi connectivity index (χ4v) is 2.84. The van der Waals surface area contributed by atoms with Crippen LogP contribution in [-0.2, 0) is 4.79 Å². The largest absolute Gasteiger partial charge is 0.496 e. The van der Waals surface area contributed by atoms with Crippen LogP contribution in [0, 0.1) is 0 Å². The number of hydrogen-bond donors (Lipinski definition) is 0. The highest BCUT2D eigenvalue weighted by Crippen LogP contribution is 2.31. The SMILES string of the molecule is CCN(CC1COc2ccccc2O1)C(=O)C=Cc1ccccc1OC. The van der Waals surface area contributed by atoms with Gasteiger partial charge >= 0.3 is 0 Å². The number of amides is 1. The van der Waals surface area contributed by atoms with Gasteiger partial charge in [-0.3, -0.25) is 4.79 Å². The summed E-state index contributed by atoms with van der Waals surface area (Å²) in [6.45, 7) is 3.44. The second kappa shape index (κ2) is 8.43. The summed E-state index contributed by atoms with van der Waals surface area (Å²) >= 11 is 0. The third-order valence-electron chi connectivity index (χ3n) is 4.23. The number of para-hydroxylation sites is 3. The molecule has 0 fully saturated rings. The Hall–Kier alpha value is -2.95. The minimum absolute atomic E-state index is 0.0686. The first-order valence-corrected chi connectivity index (χ1v) is 8.69. The van der Waals surface area contributed by atoms with E-state index in [1.165, 1.54) is 0 Å². The fourth-order valence-electron chi connectivity index (χ4n) is 2.84. The lowest BCUT2D eigenvalue weighted by Crippen LogP contribution is -2.43. The smallest absolute Gasteiger partial charge is 0.246 e. The van der Waals surface area contributed by atoms with Crippen LogP contribution in [0.1, 0.15) is 12.5 Å². The molecular weight excluding hydrogens is 330 g/mol. The van der Waals surface area contributed by atoms with Crippen molar-refractivity contribution < 1.29 is 19.0 Å². The first-order chi connectivity index (χ1) is 12.7. The van der Waals surface area contributed by atoms with Gasteiger partial charge < -0.3 is 19.1 Å². The topological polar surface area (TPSA) is 48.0 Å². The maximum atomic E-state index is 12.6.